The van der Waals surface area contributed by atoms with Crippen molar-refractivity contribution in [2.75, 3.05) is 27.2 Å². The molecule has 0 saturated carbocycles. The van der Waals surface area contributed by atoms with Gasteiger partial charge < -0.3 is 29.3 Å². The molecule has 0 fully saturated rings. The monoisotopic (exact) mass is 558 g/mol. The van der Waals surface area contributed by atoms with E-state index in [-0.39, 0.29) is 5.91 Å². The average molecular weight is 558 g/mol. The Morgan fingerprint density at radius 2 is 1.58 bits per heavy atom. The number of ether oxygens (including phenoxy) is 1. The molecular formula is C20H24F6N6O6. The van der Waals surface area contributed by atoms with Gasteiger partial charge in [0.15, 0.2) is 11.6 Å². The quantitative estimate of drug-likeness (QED) is 0.500. The molecule has 2 aromatic rings. The molecule has 212 valence electrons. The predicted octanol–water partition coefficient (Wildman–Crippen LogP) is 1.56. The molecule has 1 amide bonds. The lowest BCUT2D eigenvalue weighted by Crippen LogP contribution is -2.42. The summed E-state index contributed by atoms with van der Waals surface area (Å²) in [5, 5.41) is 22.7. The van der Waals surface area contributed by atoms with Crippen LogP contribution in [0.5, 0.6) is 0 Å². The normalized spacial score (nSPS) is 13.0. The van der Waals surface area contributed by atoms with Crippen LogP contribution in [0, 0.1) is 0 Å². The van der Waals surface area contributed by atoms with Gasteiger partial charge in [-0.2, -0.15) is 26.3 Å². The third-order valence-corrected chi connectivity index (χ3v) is 4.34. The minimum Gasteiger partial charge on any atom is -0.475 e. The molecule has 1 aliphatic heterocycles. The number of likely N-dealkylation sites (N-methyl/N-ethyl adjacent to an activating group) is 1. The number of hydrogen-bond acceptors (Lipinski definition) is 8. The van der Waals surface area contributed by atoms with Crippen LogP contribution in [0.4, 0.5) is 26.3 Å². The van der Waals surface area contributed by atoms with E-state index in [0.29, 0.717) is 39.4 Å². The lowest BCUT2D eigenvalue weighted by molar-refractivity contribution is -0.193. The number of fused-ring (bicyclic) bond motifs is 1. The van der Waals surface area contributed by atoms with Crippen molar-refractivity contribution in [3.8, 4) is 0 Å². The van der Waals surface area contributed by atoms with Crippen LogP contribution in [-0.4, -0.2) is 97.1 Å². The number of nitrogens with zero attached hydrogens (tertiary/aromatic N) is 6. The van der Waals surface area contributed by atoms with Crippen molar-refractivity contribution < 1.29 is 55.7 Å². The van der Waals surface area contributed by atoms with Crippen LogP contribution in [0.25, 0.3) is 0 Å². The Morgan fingerprint density at radius 1 is 1.00 bits per heavy atom. The molecule has 18 heteroatoms. The Labute approximate surface area is 211 Å². The highest BCUT2D eigenvalue weighted by molar-refractivity contribution is 5.78. The first-order valence-electron chi connectivity index (χ1n) is 10.4. The Morgan fingerprint density at radius 3 is 2.05 bits per heavy atom. The van der Waals surface area contributed by atoms with Crippen molar-refractivity contribution in [3.05, 3.63) is 41.7 Å². The Kier molecular flexibility index (Phi) is 12.1. The van der Waals surface area contributed by atoms with E-state index in [0.717, 1.165) is 17.2 Å². The summed E-state index contributed by atoms with van der Waals surface area (Å²) in [5.74, 6) is -3.79. The van der Waals surface area contributed by atoms with Gasteiger partial charge in [0.1, 0.15) is 6.61 Å². The fraction of sp³-hybridized carbons (Fsp3) is 0.500. The van der Waals surface area contributed by atoms with Gasteiger partial charge in [-0.15, -0.1) is 10.2 Å². The number of pyridine rings is 1. The Hall–Kier alpha value is -3.80. The van der Waals surface area contributed by atoms with Gasteiger partial charge in [0, 0.05) is 25.5 Å². The van der Waals surface area contributed by atoms with Crippen LogP contribution in [0.1, 0.15) is 17.2 Å². The van der Waals surface area contributed by atoms with Gasteiger partial charge in [-0.25, -0.2) is 9.59 Å². The second-order valence-electron chi connectivity index (χ2n) is 7.70. The third-order valence-electron chi connectivity index (χ3n) is 4.34. The largest absolute Gasteiger partial charge is 0.490 e. The van der Waals surface area contributed by atoms with Gasteiger partial charge in [0.05, 0.1) is 19.7 Å². The number of rotatable bonds is 6. The first-order valence-corrected chi connectivity index (χ1v) is 10.4. The number of carbonyl (C=O) groups excluding carboxylic acids is 1. The molecule has 0 radical (unpaired) electrons. The highest BCUT2D eigenvalue weighted by Gasteiger charge is 2.38. The molecule has 2 aromatic heterocycles. The van der Waals surface area contributed by atoms with Crippen LogP contribution in [0.15, 0.2) is 24.5 Å². The molecule has 0 saturated heterocycles. The first kappa shape index (κ1) is 32.2. The van der Waals surface area contributed by atoms with E-state index >= 15 is 0 Å². The van der Waals surface area contributed by atoms with E-state index in [2.05, 4.69) is 15.2 Å². The summed E-state index contributed by atoms with van der Waals surface area (Å²) in [6, 6.07) is 3.86. The lowest BCUT2D eigenvalue weighted by atomic mass is 10.3. The predicted molar refractivity (Wildman–Crippen MR) is 114 cm³/mol. The summed E-state index contributed by atoms with van der Waals surface area (Å²) in [7, 11) is 3.78. The van der Waals surface area contributed by atoms with Crippen LogP contribution < -0.4 is 0 Å². The molecule has 3 rings (SSSR count). The summed E-state index contributed by atoms with van der Waals surface area (Å²) in [6.45, 7) is 3.18. The number of carboxylic acids is 2. The van der Waals surface area contributed by atoms with E-state index < -0.39 is 24.3 Å². The third kappa shape index (κ3) is 11.5. The van der Waals surface area contributed by atoms with Crippen molar-refractivity contribution >= 4 is 17.8 Å². The van der Waals surface area contributed by atoms with Gasteiger partial charge in [-0.1, -0.05) is 6.07 Å². The number of aliphatic carboxylic acids is 2. The molecule has 0 aromatic carbocycles. The van der Waals surface area contributed by atoms with Crippen LogP contribution in [-0.2, 0) is 45.4 Å². The summed E-state index contributed by atoms with van der Waals surface area (Å²) in [5.41, 5.74) is 1.02. The summed E-state index contributed by atoms with van der Waals surface area (Å²) in [6.07, 6.45) is -6.64. The maximum Gasteiger partial charge on any atom is 0.490 e. The lowest BCUT2D eigenvalue weighted by Gasteiger charge is -2.28. The number of alkyl halides is 6. The molecule has 1 aliphatic rings. The zero-order valence-electron chi connectivity index (χ0n) is 20.0. The van der Waals surface area contributed by atoms with Crippen molar-refractivity contribution in [2.45, 2.75) is 38.7 Å². The van der Waals surface area contributed by atoms with Crippen LogP contribution in [0.2, 0.25) is 0 Å². The molecule has 2 N–H and O–H groups in total. The van der Waals surface area contributed by atoms with Gasteiger partial charge in [-0.05, 0) is 25.7 Å². The second kappa shape index (κ2) is 14.2. The summed E-state index contributed by atoms with van der Waals surface area (Å²) < 4.78 is 71.2. The number of hydrogen-bond donors (Lipinski definition) is 2. The second-order valence-corrected chi connectivity index (χ2v) is 7.70. The molecule has 0 spiro atoms. The topological polar surface area (TPSA) is 151 Å². The van der Waals surface area contributed by atoms with Crippen molar-refractivity contribution in [2.24, 2.45) is 0 Å². The van der Waals surface area contributed by atoms with Crippen molar-refractivity contribution in [3.63, 3.8) is 0 Å². The Bertz CT molecular complexity index is 1040. The smallest absolute Gasteiger partial charge is 0.475 e. The van der Waals surface area contributed by atoms with Gasteiger partial charge >= 0.3 is 24.3 Å². The van der Waals surface area contributed by atoms with Gasteiger partial charge in [0.25, 0.3) is 0 Å². The molecule has 12 nitrogen and oxygen atoms in total. The zero-order chi connectivity index (χ0) is 29.1. The Balaban J connectivity index is 0.000000426. The number of halogens is 6. The van der Waals surface area contributed by atoms with Gasteiger partial charge in [0.2, 0.25) is 5.91 Å². The maximum absolute atomic E-state index is 12.2. The van der Waals surface area contributed by atoms with Crippen molar-refractivity contribution in [1.29, 1.82) is 0 Å². The summed E-state index contributed by atoms with van der Waals surface area (Å²) >= 11 is 0. The number of aromatic nitrogens is 4. The van der Waals surface area contributed by atoms with Crippen molar-refractivity contribution in [1.82, 2.24) is 29.5 Å². The molecule has 0 aliphatic carbocycles. The highest BCUT2D eigenvalue weighted by Crippen LogP contribution is 2.15. The van der Waals surface area contributed by atoms with Gasteiger partial charge in [-0.3, -0.25) is 9.78 Å². The number of carboxylic acid groups (broad SMARTS) is 2. The fourth-order valence-electron chi connectivity index (χ4n) is 2.65. The fourth-order valence-corrected chi connectivity index (χ4v) is 2.65. The highest BCUT2D eigenvalue weighted by atomic mass is 19.4. The molecule has 0 bridgehead atoms. The SMILES string of the molecule is CN(C)CC(=O)N1CCn2c(COCc3cccnc3)nnc2C1.O=C(O)C(F)(F)F.O=C(O)C(F)(F)F. The minimum absolute atomic E-state index is 0.114. The summed E-state index contributed by atoms with van der Waals surface area (Å²) in [4.78, 5) is 37.7. The molecule has 3 heterocycles. The molecule has 0 atom stereocenters. The first-order chi connectivity index (χ1) is 17.5. The molecule has 0 unspecified atom stereocenters. The number of amides is 1. The standard InChI is InChI=1S/C16H22N6O2.2C2HF3O2/c1-20(2)10-16(23)21-6-7-22-14(9-21)18-19-15(22)12-24-11-13-4-3-5-17-8-13;2*3-2(4,5)1(6)7/h3-5,8H,6-7,9-12H2,1-2H3;2*(H,6,7). The van der Waals surface area contributed by atoms with E-state index in [4.69, 9.17) is 24.5 Å². The van der Waals surface area contributed by atoms with E-state index in [9.17, 15) is 31.1 Å². The van der Waals surface area contributed by atoms with Crippen LogP contribution >= 0.6 is 0 Å². The zero-order valence-corrected chi connectivity index (χ0v) is 20.0. The minimum atomic E-state index is -5.08. The van der Waals surface area contributed by atoms with E-state index in [1.165, 1.54) is 0 Å². The molecular weight excluding hydrogens is 534 g/mol. The van der Waals surface area contributed by atoms with Crippen LogP contribution in [0.3, 0.4) is 0 Å². The molecule has 38 heavy (non-hydrogen) atoms. The van der Waals surface area contributed by atoms with E-state index in [1.807, 2.05) is 40.6 Å². The maximum atomic E-state index is 12.2. The van der Waals surface area contributed by atoms with E-state index in [1.54, 1.807) is 12.4 Å². The number of carbonyl (C=O) groups is 3. The average Bonchev–Trinajstić information content (AvgIpc) is 3.21.